The molecule has 2 aromatic carbocycles. The van der Waals surface area contributed by atoms with E-state index in [4.69, 9.17) is 0 Å². The van der Waals surface area contributed by atoms with Gasteiger partial charge in [-0.15, -0.1) is 11.3 Å². The summed E-state index contributed by atoms with van der Waals surface area (Å²) in [5, 5.41) is 4.99. The smallest absolute Gasteiger partial charge is 0.266 e. The van der Waals surface area contributed by atoms with Gasteiger partial charge < -0.3 is 10.2 Å². The van der Waals surface area contributed by atoms with E-state index in [-0.39, 0.29) is 5.91 Å². The number of aryl methyl sites for hydroxylation is 1. The van der Waals surface area contributed by atoms with Gasteiger partial charge in [-0.1, -0.05) is 42.0 Å². The average molecular weight is 365 g/mol. The Bertz CT molecular complexity index is 864. The summed E-state index contributed by atoms with van der Waals surface area (Å²) < 4.78 is 0. The van der Waals surface area contributed by atoms with E-state index in [1.807, 2.05) is 23.6 Å². The van der Waals surface area contributed by atoms with E-state index < -0.39 is 0 Å². The molecular weight excluding hydrogens is 340 g/mol. The van der Waals surface area contributed by atoms with Gasteiger partial charge in [0.05, 0.1) is 4.88 Å². The molecule has 1 N–H and O–H groups in total. The van der Waals surface area contributed by atoms with Crippen LogP contribution in [0.3, 0.4) is 0 Å². The number of amides is 1. The van der Waals surface area contributed by atoms with Gasteiger partial charge in [0, 0.05) is 17.8 Å². The predicted octanol–water partition coefficient (Wildman–Crippen LogP) is 5.08. The number of anilines is 1. The van der Waals surface area contributed by atoms with E-state index in [1.165, 1.54) is 22.5 Å². The molecule has 4 heteroatoms. The first-order valence-electron chi connectivity index (χ1n) is 8.72. The molecule has 3 nitrogen and oxygen atoms in total. The number of likely N-dealkylation sites (N-methyl/N-ethyl adjacent to an activating group) is 1. The second-order valence-corrected chi connectivity index (χ2v) is 7.65. The van der Waals surface area contributed by atoms with Gasteiger partial charge in [-0.25, -0.2) is 0 Å². The van der Waals surface area contributed by atoms with E-state index in [1.54, 1.807) is 0 Å². The van der Waals surface area contributed by atoms with Crippen molar-refractivity contribution in [3.05, 3.63) is 76.0 Å². The Balaban J connectivity index is 1.71. The molecule has 0 bridgehead atoms. The van der Waals surface area contributed by atoms with Crippen LogP contribution in [0, 0.1) is 6.92 Å². The van der Waals surface area contributed by atoms with Crippen LogP contribution in [0.1, 0.15) is 20.8 Å². The third-order valence-electron chi connectivity index (χ3n) is 4.29. The second-order valence-electron chi connectivity index (χ2n) is 6.73. The van der Waals surface area contributed by atoms with Gasteiger partial charge in [-0.05, 0) is 62.1 Å². The highest BCUT2D eigenvalue weighted by Gasteiger charge is 2.14. The van der Waals surface area contributed by atoms with Gasteiger partial charge in [0.2, 0.25) is 0 Å². The Morgan fingerprint density at radius 3 is 2.35 bits per heavy atom. The highest BCUT2D eigenvalue weighted by molar-refractivity contribution is 7.12. The number of benzene rings is 2. The maximum Gasteiger partial charge on any atom is 0.266 e. The van der Waals surface area contributed by atoms with E-state index in [0.717, 1.165) is 34.7 Å². The quantitative estimate of drug-likeness (QED) is 0.661. The van der Waals surface area contributed by atoms with E-state index in [2.05, 4.69) is 67.6 Å². The second kappa shape index (κ2) is 8.30. The molecule has 1 amide bonds. The molecule has 3 aromatic rings. The minimum Gasteiger partial charge on any atom is -0.321 e. The van der Waals surface area contributed by atoms with Gasteiger partial charge >= 0.3 is 0 Å². The molecule has 0 fully saturated rings. The number of hydrogen-bond acceptors (Lipinski definition) is 3. The molecule has 0 spiro atoms. The van der Waals surface area contributed by atoms with E-state index >= 15 is 0 Å². The first-order valence-corrected chi connectivity index (χ1v) is 9.60. The zero-order valence-electron chi connectivity index (χ0n) is 15.5. The zero-order valence-corrected chi connectivity index (χ0v) is 16.3. The molecule has 0 saturated heterocycles. The Labute approximate surface area is 159 Å². The first-order chi connectivity index (χ1) is 12.5. The molecule has 0 aliphatic heterocycles. The summed E-state index contributed by atoms with van der Waals surface area (Å²) in [5.41, 5.74) is 5.36. The van der Waals surface area contributed by atoms with E-state index in [9.17, 15) is 4.79 Å². The maximum atomic E-state index is 12.7. The average Bonchev–Trinajstić information content (AvgIpc) is 3.11. The molecular formula is C22H24N2OS. The van der Waals surface area contributed by atoms with Gasteiger partial charge in [-0.2, -0.15) is 0 Å². The van der Waals surface area contributed by atoms with Crippen molar-refractivity contribution in [2.45, 2.75) is 13.3 Å². The van der Waals surface area contributed by atoms with Gasteiger partial charge in [-0.3, -0.25) is 4.79 Å². The first kappa shape index (κ1) is 18.4. The number of carbonyl (C=O) groups excluding carboxylic acids is 1. The lowest BCUT2D eigenvalue weighted by Crippen LogP contribution is -2.15. The fourth-order valence-electron chi connectivity index (χ4n) is 2.74. The molecule has 0 saturated carbocycles. The maximum absolute atomic E-state index is 12.7. The summed E-state index contributed by atoms with van der Waals surface area (Å²) >= 11 is 1.47. The number of nitrogens with zero attached hydrogens (tertiary/aromatic N) is 1. The number of nitrogens with one attached hydrogen (secondary N) is 1. The highest BCUT2D eigenvalue weighted by atomic mass is 32.1. The van der Waals surface area contributed by atoms with Crippen LogP contribution in [0.15, 0.2) is 60.0 Å². The lowest BCUT2D eigenvalue weighted by molar-refractivity contribution is 0.103. The van der Waals surface area contributed by atoms with Gasteiger partial charge in [0.15, 0.2) is 0 Å². The highest BCUT2D eigenvalue weighted by Crippen LogP contribution is 2.29. The van der Waals surface area contributed by atoms with Crippen molar-refractivity contribution < 1.29 is 4.79 Å². The summed E-state index contributed by atoms with van der Waals surface area (Å²) in [4.78, 5) is 15.6. The SMILES string of the molecule is Cc1ccc(-c2ccsc2C(=O)Nc2ccc(CCN(C)C)cc2)cc1. The Morgan fingerprint density at radius 2 is 1.69 bits per heavy atom. The Morgan fingerprint density at radius 1 is 1.00 bits per heavy atom. The minimum absolute atomic E-state index is 0.0587. The van der Waals surface area contributed by atoms with Crippen molar-refractivity contribution in [1.29, 1.82) is 0 Å². The Hall–Kier alpha value is -2.43. The summed E-state index contributed by atoms with van der Waals surface area (Å²) in [6.07, 6.45) is 1.00. The van der Waals surface area contributed by atoms with Crippen LogP contribution in [0.5, 0.6) is 0 Å². The van der Waals surface area contributed by atoms with Crippen LogP contribution in [-0.2, 0) is 6.42 Å². The van der Waals surface area contributed by atoms with Crippen LogP contribution in [-0.4, -0.2) is 31.4 Å². The number of carbonyl (C=O) groups is 1. The number of rotatable bonds is 6. The third-order valence-corrected chi connectivity index (χ3v) is 5.21. The van der Waals surface area contributed by atoms with Gasteiger partial charge in [0.25, 0.3) is 5.91 Å². The van der Waals surface area contributed by atoms with Crippen molar-refractivity contribution in [2.75, 3.05) is 26.0 Å². The standard InChI is InChI=1S/C22H24N2OS/c1-16-4-8-18(9-5-16)20-13-15-26-21(20)22(25)23-19-10-6-17(7-11-19)12-14-24(2)3/h4-11,13,15H,12,14H2,1-3H3,(H,23,25). The van der Waals surface area contributed by atoms with Crippen molar-refractivity contribution in [2.24, 2.45) is 0 Å². The van der Waals surface area contributed by atoms with Crippen molar-refractivity contribution in [1.82, 2.24) is 4.90 Å². The molecule has 0 unspecified atom stereocenters. The topological polar surface area (TPSA) is 32.3 Å². The largest absolute Gasteiger partial charge is 0.321 e. The summed E-state index contributed by atoms with van der Waals surface area (Å²) in [5.74, 6) is -0.0587. The molecule has 3 rings (SSSR count). The lowest BCUT2D eigenvalue weighted by Gasteiger charge is -2.10. The number of hydrogen-bond donors (Lipinski definition) is 1. The fraction of sp³-hybridized carbons (Fsp3) is 0.227. The molecule has 1 aromatic heterocycles. The third kappa shape index (κ3) is 4.59. The van der Waals surface area contributed by atoms with Gasteiger partial charge in [0.1, 0.15) is 0 Å². The number of thiophene rings is 1. The molecule has 0 atom stereocenters. The molecule has 134 valence electrons. The van der Waals surface area contributed by atoms with Crippen LogP contribution in [0.2, 0.25) is 0 Å². The van der Waals surface area contributed by atoms with E-state index in [0.29, 0.717) is 0 Å². The van der Waals surface area contributed by atoms with Crippen molar-refractivity contribution >= 4 is 22.9 Å². The molecule has 0 aliphatic rings. The van der Waals surface area contributed by atoms with Crippen LogP contribution < -0.4 is 5.32 Å². The lowest BCUT2D eigenvalue weighted by atomic mass is 10.0. The monoisotopic (exact) mass is 364 g/mol. The summed E-state index contributed by atoms with van der Waals surface area (Å²) in [6, 6.07) is 18.4. The van der Waals surface area contributed by atoms with Crippen LogP contribution >= 0.6 is 11.3 Å². The molecule has 0 radical (unpaired) electrons. The fourth-order valence-corrected chi connectivity index (χ4v) is 3.55. The summed E-state index contributed by atoms with van der Waals surface area (Å²) in [6.45, 7) is 3.08. The van der Waals surface area contributed by atoms with Crippen molar-refractivity contribution in [3.8, 4) is 11.1 Å². The van der Waals surface area contributed by atoms with Crippen LogP contribution in [0.4, 0.5) is 5.69 Å². The molecule has 1 heterocycles. The normalized spacial score (nSPS) is 10.9. The minimum atomic E-state index is -0.0587. The Kier molecular flexibility index (Phi) is 5.86. The zero-order chi connectivity index (χ0) is 18.5. The summed E-state index contributed by atoms with van der Waals surface area (Å²) in [7, 11) is 4.14. The molecule has 26 heavy (non-hydrogen) atoms. The predicted molar refractivity (Wildman–Crippen MR) is 111 cm³/mol. The van der Waals surface area contributed by atoms with Crippen LogP contribution in [0.25, 0.3) is 11.1 Å². The van der Waals surface area contributed by atoms with Crippen molar-refractivity contribution in [3.63, 3.8) is 0 Å². The molecule has 0 aliphatic carbocycles.